The van der Waals surface area contributed by atoms with Crippen molar-refractivity contribution >= 4 is 23.2 Å². The van der Waals surface area contributed by atoms with Gasteiger partial charge in [-0.3, -0.25) is 9.59 Å². The van der Waals surface area contributed by atoms with E-state index < -0.39 is 0 Å². The first-order chi connectivity index (χ1) is 16.6. The number of hydrogen-bond donors (Lipinski definition) is 2. The molecule has 3 rings (SSSR count). The number of hydrogen-bond acceptors (Lipinski definition) is 4. The highest BCUT2D eigenvalue weighted by molar-refractivity contribution is 6.05. The Morgan fingerprint density at radius 1 is 0.588 bits per heavy atom. The zero-order valence-corrected chi connectivity index (χ0v) is 19.8. The van der Waals surface area contributed by atoms with Gasteiger partial charge in [0.05, 0.1) is 13.2 Å². The lowest BCUT2D eigenvalue weighted by atomic mass is 10.2. The average Bonchev–Trinajstić information content (AvgIpc) is 2.86. The molecule has 0 fully saturated rings. The lowest BCUT2D eigenvalue weighted by Gasteiger charge is -2.10. The molecule has 0 bridgehead atoms. The van der Waals surface area contributed by atoms with E-state index in [1.54, 1.807) is 72.8 Å². The van der Waals surface area contributed by atoms with Crippen LogP contribution in [0, 0.1) is 0 Å². The molecule has 0 heterocycles. The van der Waals surface area contributed by atoms with Crippen LogP contribution in [0.3, 0.4) is 0 Å². The SMILES string of the molecule is CCCCOc1ccc(C(=O)Nc2ccc(NC(=O)c3ccc(OCCCC)cc3)cc2)cc1. The van der Waals surface area contributed by atoms with Crippen molar-refractivity contribution in [3.05, 3.63) is 83.9 Å². The maximum atomic E-state index is 12.5. The Morgan fingerprint density at radius 3 is 1.26 bits per heavy atom. The fraction of sp³-hybridized carbons (Fsp3) is 0.286. The van der Waals surface area contributed by atoms with Crippen molar-refractivity contribution in [2.24, 2.45) is 0 Å². The standard InChI is InChI=1S/C28H32N2O4/c1-3-5-19-33-25-15-7-21(8-16-25)27(31)29-23-11-13-24(14-12-23)30-28(32)22-9-17-26(18-10-22)34-20-6-4-2/h7-18H,3-6,19-20H2,1-2H3,(H,29,31)(H,30,32). The van der Waals surface area contributed by atoms with Crippen LogP contribution in [0.25, 0.3) is 0 Å². The molecule has 2 amide bonds. The van der Waals surface area contributed by atoms with Gasteiger partial charge >= 0.3 is 0 Å². The van der Waals surface area contributed by atoms with E-state index in [1.807, 2.05) is 0 Å². The minimum Gasteiger partial charge on any atom is -0.494 e. The van der Waals surface area contributed by atoms with E-state index in [0.29, 0.717) is 35.7 Å². The second-order valence-corrected chi connectivity index (χ2v) is 7.94. The Labute approximate surface area is 201 Å². The zero-order chi connectivity index (χ0) is 24.2. The summed E-state index contributed by atoms with van der Waals surface area (Å²) in [7, 11) is 0. The number of carbonyl (C=O) groups is 2. The van der Waals surface area contributed by atoms with Crippen molar-refractivity contribution in [2.45, 2.75) is 39.5 Å². The molecule has 3 aromatic carbocycles. The van der Waals surface area contributed by atoms with Crippen LogP contribution < -0.4 is 20.1 Å². The summed E-state index contributed by atoms with van der Waals surface area (Å²) in [4.78, 5) is 25.0. The van der Waals surface area contributed by atoms with Crippen LogP contribution >= 0.6 is 0 Å². The van der Waals surface area contributed by atoms with Gasteiger partial charge in [0.1, 0.15) is 11.5 Å². The molecule has 0 spiro atoms. The van der Waals surface area contributed by atoms with Gasteiger partial charge in [0.2, 0.25) is 0 Å². The van der Waals surface area contributed by atoms with Crippen molar-refractivity contribution in [3.8, 4) is 11.5 Å². The van der Waals surface area contributed by atoms with Crippen LogP contribution in [0.1, 0.15) is 60.2 Å². The summed E-state index contributed by atoms with van der Waals surface area (Å²) in [5, 5.41) is 5.73. The Kier molecular flexibility index (Phi) is 9.52. The topological polar surface area (TPSA) is 76.7 Å². The normalized spacial score (nSPS) is 10.4. The Morgan fingerprint density at radius 2 is 0.941 bits per heavy atom. The van der Waals surface area contributed by atoms with E-state index in [-0.39, 0.29) is 11.8 Å². The molecular weight excluding hydrogens is 428 g/mol. The fourth-order valence-corrected chi connectivity index (χ4v) is 3.12. The summed E-state index contributed by atoms with van der Waals surface area (Å²) in [5.74, 6) is 1.09. The lowest BCUT2D eigenvalue weighted by molar-refractivity contribution is 0.101. The van der Waals surface area contributed by atoms with Crippen molar-refractivity contribution < 1.29 is 19.1 Å². The van der Waals surface area contributed by atoms with Crippen molar-refractivity contribution in [1.29, 1.82) is 0 Å². The third kappa shape index (κ3) is 7.66. The average molecular weight is 461 g/mol. The summed E-state index contributed by atoms with van der Waals surface area (Å²) >= 11 is 0. The monoisotopic (exact) mass is 460 g/mol. The Bertz CT molecular complexity index is 959. The number of nitrogens with one attached hydrogen (secondary N) is 2. The summed E-state index contributed by atoms with van der Waals surface area (Å²) in [5.41, 5.74) is 2.37. The van der Waals surface area contributed by atoms with E-state index in [4.69, 9.17) is 9.47 Å². The zero-order valence-electron chi connectivity index (χ0n) is 19.8. The van der Waals surface area contributed by atoms with Crippen LogP contribution in [0.4, 0.5) is 11.4 Å². The Balaban J connectivity index is 1.50. The third-order valence-corrected chi connectivity index (χ3v) is 5.17. The lowest BCUT2D eigenvalue weighted by Crippen LogP contribution is -2.13. The van der Waals surface area contributed by atoms with E-state index in [1.165, 1.54) is 0 Å². The molecule has 0 saturated heterocycles. The predicted octanol–water partition coefficient (Wildman–Crippen LogP) is 6.55. The van der Waals surface area contributed by atoms with E-state index in [2.05, 4.69) is 24.5 Å². The highest BCUT2D eigenvalue weighted by atomic mass is 16.5. The first kappa shape index (κ1) is 24.8. The molecule has 0 atom stereocenters. The van der Waals surface area contributed by atoms with Crippen LogP contribution in [-0.2, 0) is 0 Å². The summed E-state index contributed by atoms with van der Waals surface area (Å²) < 4.78 is 11.3. The van der Waals surface area contributed by atoms with Gasteiger partial charge in [-0.05, 0) is 85.6 Å². The predicted molar refractivity (Wildman–Crippen MR) is 136 cm³/mol. The van der Waals surface area contributed by atoms with Crippen molar-refractivity contribution in [2.75, 3.05) is 23.8 Å². The fourth-order valence-electron chi connectivity index (χ4n) is 3.12. The molecule has 0 aliphatic rings. The Hall–Kier alpha value is -3.80. The first-order valence-electron chi connectivity index (χ1n) is 11.8. The molecule has 0 aliphatic carbocycles. The number of ether oxygens (including phenoxy) is 2. The smallest absolute Gasteiger partial charge is 0.255 e. The molecule has 6 heteroatoms. The maximum Gasteiger partial charge on any atom is 0.255 e. The molecular formula is C28H32N2O4. The van der Waals surface area contributed by atoms with Crippen molar-refractivity contribution in [1.82, 2.24) is 0 Å². The molecule has 34 heavy (non-hydrogen) atoms. The minimum absolute atomic E-state index is 0.210. The van der Waals surface area contributed by atoms with Gasteiger partial charge in [-0.2, -0.15) is 0 Å². The molecule has 0 unspecified atom stereocenters. The number of benzene rings is 3. The van der Waals surface area contributed by atoms with Gasteiger partial charge in [0.15, 0.2) is 0 Å². The number of unbranched alkanes of at least 4 members (excludes halogenated alkanes) is 2. The molecule has 0 saturated carbocycles. The molecule has 2 N–H and O–H groups in total. The number of carbonyl (C=O) groups excluding carboxylic acids is 2. The molecule has 6 nitrogen and oxygen atoms in total. The van der Waals surface area contributed by atoms with Crippen LogP contribution in [0.2, 0.25) is 0 Å². The maximum absolute atomic E-state index is 12.5. The van der Waals surface area contributed by atoms with Gasteiger partial charge in [-0.25, -0.2) is 0 Å². The van der Waals surface area contributed by atoms with Gasteiger partial charge in [-0.1, -0.05) is 26.7 Å². The second-order valence-electron chi connectivity index (χ2n) is 7.94. The van der Waals surface area contributed by atoms with Gasteiger partial charge in [-0.15, -0.1) is 0 Å². The van der Waals surface area contributed by atoms with Gasteiger partial charge < -0.3 is 20.1 Å². The largest absolute Gasteiger partial charge is 0.494 e. The van der Waals surface area contributed by atoms with Crippen molar-refractivity contribution in [3.63, 3.8) is 0 Å². The first-order valence-corrected chi connectivity index (χ1v) is 11.8. The molecule has 0 aliphatic heterocycles. The molecule has 3 aromatic rings. The summed E-state index contributed by atoms with van der Waals surface area (Å²) in [6.07, 6.45) is 4.15. The van der Waals surface area contributed by atoms with E-state index in [0.717, 1.165) is 37.2 Å². The number of anilines is 2. The molecule has 0 aromatic heterocycles. The third-order valence-electron chi connectivity index (χ3n) is 5.17. The second kappa shape index (κ2) is 13.0. The minimum atomic E-state index is -0.210. The number of rotatable bonds is 12. The molecule has 0 radical (unpaired) electrons. The van der Waals surface area contributed by atoms with Gasteiger partial charge in [0, 0.05) is 22.5 Å². The van der Waals surface area contributed by atoms with Crippen LogP contribution in [0.15, 0.2) is 72.8 Å². The van der Waals surface area contributed by atoms with E-state index in [9.17, 15) is 9.59 Å². The van der Waals surface area contributed by atoms with E-state index >= 15 is 0 Å². The molecule has 178 valence electrons. The highest BCUT2D eigenvalue weighted by Crippen LogP contribution is 2.18. The van der Waals surface area contributed by atoms with Crippen LogP contribution in [0.5, 0.6) is 11.5 Å². The quantitative estimate of drug-likeness (QED) is 0.301. The van der Waals surface area contributed by atoms with Crippen LogP contribution in [-0.4, -0.2) is 25.0 Å². The number of amides is 2. The highest BCUT2D eigenvalue weighted by Gasteiger charge is 2.09. The summed E-state index contributed by atoms with van der Waals surface area (Å²) in [6, 6.07) is 21.2. The summed E-state index contributed by atoms with van der Waals surface area (Å²) in [6.45, 7) is 5.56. The van der Waals surface area contributed by atoms with Gasteiger partial charge in [0.25, 0.3) is 11.8 Å².